The largest absolute Gasteiger partial charge is 0.480 e. The number of nitrogens with zero attached hydrogens (tertiary/aromatic N) is 1. The van der Waals surface area contributed by atoms with Crippen LogP contribution in [0.3, 0.4) is 0 Å². The Morgan fingerprint density at radius 1 is 1.50 bits per heavy atom. The molecule has 1 fully saturated rings. The third kappa shape index (κ3) is 3.61. The van der Waals surface area contributed by atoms with Crippen LogP contribution in [0.5, 0.6) is 0 Å². The molecule has 1 unspecified atom stereocenters. The molecule has 7 heteroatoms. The fourth-order valence-electron chi connectivity index (χ4n) is 1.97. The molecule has 18 heavy (non-hydrogen) atoms. The summed E-state index contributed by atoms with van der Waals surface area (Å²) in [5, 5.41) is 11.3. The highest BCUT2D eigenvalue weighted by Gasteiger charge is 2.28. The van der Waals surface area contributed by atoms with E-state index in [2.05, 4.69) is 5.32 Å². The van der Waals surface area contributed by atoms with Crippen LogP contribution in [-0.2, 0) is 9.59 Å². The minimum atomic E-state index is -1.06. The van der Waals surface area contributed by atoms with E-state index in [0.717, 1.165) is 0 Å². The molecule has 0 saturated carbocycles. The van der Waals surface area contributed by atoms with E-state index in [1.165, 1.54) is 4.90 Å². The lowest BCUT2D eigenvalue weighted by Crippen LogP contribution is -2.52. The van der Waals surface area contributed by atoms with Crippen LogP contribution in [0.25, 0.3) is 0 Å². The maximum Gasteiger partial charge on any atom is 0.326 e. The molecular formula is C11H19N3O4. The molecule has 1 heterocycles. The number of primary amides is 1. The van der Waals surface area contributed by atoms with E-state index in [4.69, 9.17) is 10.8 Å². The first-order valence-corrected chi connectivity index (χ1v) is 6.03. The molecule has 3 amide bonds. The Balaban J connectivity index is 2.55. The zero-order valence-corrected chi connectivity index (χ0v) is 10.4. The number of hydrogen-bond acceptors (Lipinski definition) is 3. The van der Waals surface area contributed by atoms with Gasteiger partial charge in [0.2, 0.25) is 5.91 Å². The highest BCUT2D eigenvalue weighted by Crippen LogP contribution is 2.16. The normalized spacial score (nSPS) is 21.2. The monoisotopic (exact) mass is 257 g/mol. The molecule has 2 atom stereocenters. The second-order valence-corrected chi connectivity index (χ2v) is 4.44. The average Bonchev–Trinajstić information content (AvgIpc) is 2.35. The molecule has 7 nitrogen and oxygen atoms in total. The maximum absolute atomic E-state index is 11.8. The second-order valence-electron chi connectivity index (χ2n) is 4.44. The van der Waals surface area contributed by atoms with Gasteiger partial charge in [-0.1, -0.05) is 6.92 Å². The first-order valence-electron chi connectivity index (χ1n) is 6.03. The van der Waals surface area contributed by atoms with E-state index < -0.39 is 23.9 Å². The topological polar surface area (TPSA) is 113 Å². The van der Waals surface area contributed by atoms with Gasteiger partial charge in [-0.05, 0) is 19.3 Å². The van der Waals surface area contributed by atoms with Gasteiger partial charge in [0, 0.05) is 13.1 Å². The van der Waals surface area contributed by atoms with Gasteiger partial charge in [-0.2, -0.15) is 0 Å². The van der Waals surface area contributed by atoms with Crippen molar-refractivity contribution in [1.29, 1.82) is 0 Å². The van der Waals surface area contributed by atoms with Crippen LogP contribution in [0.15, 0.2) is 0 Å². The van der Waals surface area contributed by atoms with Gasteiger partial charge in [0.1, 0.15) is 6.04 Å². The molecular weight excluding hydrogens is 238 g/mol. The van der Waals surface area contributed by atoms with Crippen LogP contribution in [0.2, 0.25) is 0 Å². The zero-order chi connectivity index (χ0) is 13.7. The van der Waals surface area contributed by atoms with Gasteiger partial charge in [-0.3, -0.25) is 4.79 Å². The molecule has 1 aliphatic heterocycles. The van der Waals surface area contributed by atoms with Crippen molar-refractivity contribution in [3.05, 3.63) is 0 Å². The summed E-state index contributed by atoms with van der Waals surface area (Å²) in [5.41, 5.74) is 5.21. The summed E-state index contributed by atoms with van der Waals surface area (Å²) in [6.45, 7) is 2.46. The van der Waals surface area contributed by atoms with Crippen LogP contribution in [0.1, 0.15) is 26.2 Å². The summed E-state index contributed by atoms with van der Waals surface area (Å²) in [7, 11) is 0. The lowest BCUT2D eigenvalue weighted by atomic mass is 9.98. The number of nitrogens with one attached hydrogen (secondary N) is 1. The standard InChI is InChI=1S/C11H19N3O4/c1-2-8(10(16)17)13-11(18)14-5-3-4-7(6-14)9(12)15/h7-8H,2-6H2,1H3,(H2,12,15)(H,13,18)(H,16,17)/t7?,8-/m1/s1. The van der Waals surface area contributed by atoms with Crippen LogP contribution in [0, 0.1) is 5.92 Å². The number of likely N-dealkylation sites (tertiary alicyclic amines) is 1. The molecule has 102 valence electrons. The van der Waals surface area contributed by atoms with Crippen molar-refractivity contribution >= 4 is 17.9 Å². The number of carbonyl (C=O) groups excluding carboxylic acids is 2. The minimum Gasteiger partial charge on any atom is -0.480 e. The summed E-state index contributed by atoms with van der Waals surface area (Å²) in [5.74, 6) is -1.82. The fourth-order valence-corrected chi connectivity index (χ4v) is 1.97. The van der Waals surface area contributed by atoms with Crippen LogP contribution >= 0.6 is 0 Å². The van der Waals surface area contributed by atoms with Crippen molar-refractivity contribution in [2.45, 2.75) is 32.2 Å². The predicted molar refractivity (Wildman–Crippen MR) is 63.7 cm³/mol. The van der Waals surface area contributed by atoms with Gasteiger partial charge >= 0.3 is 12.0 Å². The Morgan fingerprint density at radius 3 is 2.67 bits per heavy atom. The molecule has 0 bridgehead atoms. The minimum absolute atomic E-state index is 0.261. The number of urea groups is 1. The Bertz CT molecular complexity index is 345. The maximum atomic E-state index is 11.8. The summed E-state index contributed by atoms with van der Waals surface area (Å²) in [4.78, 5) is 35.2. The van der Waals surface area contributed by atoms with E-state index >= 15 is 0 Å². The molecule has 0 aromatic heterocycles. The Hall–Kier alpha value is -1.79. The van der Waals surface area contributed by atoms with Crippen molar-refractivity contribution in [2.75, 3.05) is 13.1 Å². The summed E-state index contributed by atoms with van der Waals surface area (Å²) in [6.07, 6.45) is 1.69. The Kier molecular flexibility index (Phi) is 4.94. The van der Waals surface area contributed by atoms with E-state index in [0.29, 0.717) is 25.8 Å². The first kappa shape index (κ1) is 14.3. The van der Waals surface area contributed by atoms with Gasteiger partial charge in [0.25, 0.3) is 0 Å². The van der Waals surface area contributed by atoms with Crippen LogP contribution in [-0.4, -0.2) is 47.0 Å². The number of carboxylic acid groups (broad SMARTS) is 1. The number of amides is 3. The van der Waals surface area contributed by atoms with E-state index in [-0.39, 0.29) is 12.5 Å². The third-order valence-corrected chi connectivity index (χ3v) is 3.12. The molecule has 0 aliphatic carbocycles. The number of aliphatic carboxylic acids is 1. The van der Waals surface area contributed by atoms with Crippen LogP contribution < -0.4 is 11.1 Å². The summed E-state index contributed by atoms with van der Waals surface area (Å²) in [6, 6.07) is -1.35. The number of rotatable bonds is 4. The van der Waals surface area contributed by atoms with Gasteiger partial charge in [-0.15, -0.1) is 0 Å². The second kappa shape index (κ2) is 6.23. The van der Waals surface area contributed by atoms with Crippen LogP contribution in [0.4, 0.5) is 4.79 Å². The summed E-state index contributed by atoms with van der Waals surface area (Å²) < 4.78 is 0. The molecule has 4 N–H and O–H groups in total. The lowest BCUT2D eigenvalue weighted by Gasteiger charge is -2.32. The number of piperidine rings is 1. The van der Waals surface area contributed by atoms with Gasteiger partial charge in [-0.25, -0.2) is 9.59 Å². The number of carbonyl (C=O) groups is 3. The van der Waals surface area contributed by atoms with Gasteiger partial charge < -0.3 is 21.1 Å². The fraction of sp³-hybridized carbons (Fsp3) is 0.727. The molecule has 1 aliphatic rings. The molecule has 1 saturated heterocycles. The van der Waals surface area contributed by atoms with E-state index in [1.807, 2.05) is 0 Å². The predicted octanol–water partition coefficient (Wildman–Crippen LogP) is -0.243. The Morgan fingerprint density at radius 2 is 2.17 bits per heavy atom. The SMILES string of the molecule is CC[C@@H](NC(=O)N1CCCC(C(N)=O)C1)C(=O)O. The van der Waals surface area contributed by atoms with E-state index in [1.54, 1.807) is 6.92 Å². The molecule has 0 aromatic carbocycles. The van der Waals surface area contributed by atoms with Gasteiger partial charge in [0.15, 0.2) is 0 Å². The smallest absolute Gasteiger partial charge is 0.326 e. The number of hydrogen-bond donors (Lipinski definition) is 3. The average molecular weight is 257 g/mol. The zero-order valence-electron chi connectivity index (χ0n) is 10.4. The molecule has 0 spiro atoms. The van der Waals surface area contributed by atoms with Crippen molar-refractivity contribution < 1.29 is 19.5 Å². The van der Waals surface area contributed by atoms with Crippen molar-refractivity contribution in [3.8, 4) is 0 Å². The van der Waals surface area contributed by atoms with Gasteiger partial charge in [0.05, 0.1) is 5.92 Å². The Labute approximate surface area is 105 Å². The van der Waals surface area contributed by atoms with Crippen molar-refractivity contribution in [1.82, 2.24) is 10.2 Å². The molecule has 1 rings (SSSR count). The van der Waals surface area contributed by atoms with Crippen molar-refractivity contribution in [2.24, 2.45) is 11.7 Å². The molecule has 0 radical (unpaired) electrons. The molecule has 0 aromatic rings. The third-order valence-electron chi connectivity index (χ3n) is 3.12. The number of carboxylic acids is 1. The summed E-state index contributed by atoms with van der Waals surface area (Å²) >= 11 is 0. The quantitative estimate of drug-likeness (QED) is 0.644. The van der Waals surface area contributed by atoms with Crippen molar-refractivity contribution in [3.63, 3.8) is 0 Å². The lowest BCUT2D eigenvalue weighted by molar-refractivity contribution is -0.139. The number of nitrogens with two attached hydrogens (primary N) is 1. The highest BCUT2D eigenvalue weighted by atomic mass is 16.4. The first-order chi connectivity index (χ1) is 8.45. The highest BCUT2D eigenvalue weighted by molar-refractivity contribution is 5.83. The van der Waals surface area contributed by atoms with E-state index in [9.17, 15) is 14.4 Å².